The van der Waals surface area contributed by atoms with Crippen LogP contribution in [0.15, 0.2) is 0 Å². The summed E-state index contributed by atoms with van der Waals surface area (Å²) in [6, 6.07) is 0. The van der Waals surface area contributed by atoms with E-state index in [1.54, 1.807) is 0 Å². The van der Waals surface area contributed by atoms with E-state index in [1.807, 2.05) is 0 Å². The van der Waals surface area contributed by atoms with Crippen LogP contribution in [-0.4, -0.2) is 24.3 Å². The van der Waals surface area contributed by atoms with Crippen molar-refractivity contribution >= 4 is 11.9 Å². The first-order valence-corrected chi connectivity index (χ1v) is 2.45. The maximum Gasteiger partial charge on any atom is 0.491 e. The third kappa shape index (κ3) is 5.15. The average Bonchev–Trinajstić information content (AvgIpc) is 1.82. The van der Waals surface area contributed by atoms with E-state index in [-0.39, 0.29) is 19.5 Å². The van der Waals surface area contributed by atoms with Gasteiger partial charge in [-0.25, -0.2) is 9.59 Å². The number of halogens is 6. The van der Waals surface area contributed by atoms with Crippen molar-refractivity contribution in [3.05, 3.63) is 0 Å². The minimum atomic E-state index is -5.62. The molecule has 0 saturated carbocycles. The Bertz CT molecular complexity index is 206. The van der Waals surface area contributed by atoms with Gasteiger partial charge in [-0.2, -0.15) is 26.3 Å². The van der Waals surface area contributed by atoms with Crippen LogP contribution in [0.5, 0.6) is 0 Å². The molecular weight excluding hydrogens is 311 g/mol. The van der Waals surface area contributed by atoms with Crippen LogP contribution in [-0.2, 0) is 33.8 Å². The van der Waals surface area contributed by atoms with Gasteiger partial charge in [0, 0.05) is 19.5 Å². The molecule has 0 amide bonds. The van der Waals surface area contributed by atoms with E-state index >= 15 is 0 Å². The largest absolute Gasteiger partial charge is 0.491 e. The van der Waals surface area contributed by atoms with Crippen LogP contribution in [0.2, 0.25) is 0 Å². The van der Waals surface area contributed by atoms with Gasteiger partial charge < -0.3 is 4.74 Å². The molecule has 3 nitrogen and oxygen atoms in total. The molecule has 0 aromatic rings. The molecule has 0 aliphatic carbocycles. The van der Waals surface area contributed by atoms with Crippen molar-refractivity contribution in [1.29, 1.82) is 0 Å². The van der Waals surface area contributed by atoms with Gasteiger partial charge in [0.2, 0.25) is 0 Å². The van der Waals surface area contributed by atoms with E-state index < -0.39 is 24.3 Å². The monoisotopic (exact) mass is 312 g/mol. The van der Waals surface area contributed by atoms with Crippen molar-refractivity contribution in [3.8, 4) is 0 Å². The molecule has 0 aliphatic rings. The number of esters is 2. The maximum atomic E-state index is 11.2. The van der Waals surface area contributed by atoms with Crippen molar-refractivity contribution < 1.29 is 60.1 Å². The molecule has 84 valence electrons. The number of hydrogen-bond donors (Lipinski definition) is 0. The first kappa shape index (κ1) is 15.8. The Morgan fingerprint density at radius 1 is 0.786 bits per heavy atom. The van der Waals surface area contributed by atoms with Crippen LogP contribution >= 0.6 is 0 Å². The van der Waals surface area contributed by atoms with Gasteiger partial charge in [0.15, 0.2) is 0 Å². The van der Waals surface area contributed by atoms with Gasteiger partial charge in [-0.15, -0.1) is 0 Å². The third-order valence-electron chi connectivity index (χ3n) is 0.648. The first-order valence-electron chi connectivity index (χ1n) is 2.45. The van der Waals surface area contributed by atoms with Crippen molar-refractivity contribution in [1.82, 2.24) is 0 Å². The average molecular weight is 311 g/mol. The van der Waals surface area contributed by atoms with Gasteiger partial charge in [0.1, 0.15) is 0 Å². The second-order valence-electron chi connectivity index (χ2n) is 1.67. The summed E-state index contributed by atoms with van der Waals surface area (Å²) in [5.41, 5.74) is 0. The smallest absolute Gasteiger partial charge is 0.380 e. The number of ether oxygens (including phenoxy) is 1. The number of rotatable bonds is 0. The summed E-state index contributed by atoms with van der Waals surface area (Å²) >= 11 is 0. The number of carbonyl (C=O) groups excluding carboxylic acids is 2. The normalized spacial score (nSPS) is 11.6. The molecule has 0 bridgehead atoms. The topological polar surface area (TPSA) is 43.4 Å². The Labute approximate surface area is 85.1 Å². The van der Waals surface area contributed by atoms with Crippen molar-refractivity contribution in [3.63, 3.8) is 0 Å². The SMILES string of the molecule is O=C(OC(=O)C(F)(F)F)C(F)(F)F.[Ru]. The van der Waals surface area contributed by atoms with Crippen LogP contribution in [0.4, 0.5) is 26.3 Å². The molecule has 0 radical (unpaired) electrons. The molecule has 0 aromatic heterocycles. The van der Waals surface area contributed by atoms with Gasteiger partial charge in [0.05, 0.1) is 0 Å². The van der Waals surface area contributed by atoms with Crippen LogP contribution in [0.25, 0.3) is 0 Å². The predicted molar refractivity (Wildman–Crippen MR) is 23.2 cm³/mol. The van der Waals surface area contributed by atoms with E-state index in [0.29, 0.717) is 0 Å². The van der Waals surface area contributed by atoms with Crippen LogP contribution in [0.3, 0.4) is 0 Å². The minimum Gasteiger partial charge on any atom is -0.380 e. The first-order chi connectivity index (χ1) is 5.55. The second-order valence-corrected chi connectivity index (χ2v) is 1.67. The summed E-state index contributed by atoms with van der Waals surface area (Å²) in [4.78, 5) is 19.3. The summed E-state index contributed by atoms with van der Waals surface area (Å²) in [5, 5.41) is 0. The molecule has 0 N–H and O–H groups in total. The van der Waals surface area contributed by atoms with Gasteiger partial charge in [-0.05, 0) is 0 Å². The summed E-state index contributed by atoms with van der Waals surface area (Å²) in [6.07, 6.45) is -11.2. The molecule has 0 aromatic carbocycles. The zero-order valence-corrected chi connectivity index (χ0v) is 7.58. The van der Waals surface area contributed by atoms with Gasteiger partial charge in [0.25, 0.3) is 0 Å². The molecule has 0 atom stereocenters. The molecule has 0 unspecified atom stereocenters. The fourth-order valence-electron chi connectivity index (χ4n) is 0.200. The molecule has 0 spiro atoms. The molecular formula is C4F6O3Ru. The van der Waals surface area contributed by atoms with Gasteiger partial charge in [-0.3, -0.25) is 0 Å². The fourth-order valence-corrected chi connectivity index (χ4v) is 0.200. The van der Waals surface area contributed by atoms with Gasteiger partial charge in [-0.1, -0.05) is 0 Å². The molecule has 0 aliphatic heterocycles. The van der Waals surface area contributed by atoms with E-state index in [1.165, 1.54) is 0 Å². The minimum absolute atomic E-state index is 0. The quantitative estimate of drug-likeness (QED) is 0.292. The summed E-state index contributed by atoms with van der Waals surface area (Å²) < 4.78 is 69.7. The summed E-state index contributed by atoms with van der Waals surface area (Å²) in [5.74, 6) is -6.40. The van der Waals surface area contributed by atoms with Crippen LogP contribution < -0.4 is 0 Å². The molecule has 14 heavy (non-hydrogen) atoms. The Balaban J connectivity index is 0. The predicted octanol–water partition coefficient (Wildman–Crippen LogP) is 1.18. The van der Waals surface area contributed by atoms with Crippen molar-refractivity contribution in [2.45, 2.75) is 12.4 Å². The standard InChI is InChI=1S/C4F6O3.Ru/c5-3(6,7)1(11)13-2(12)4(8,9)10;. The van der Waals surface area contributed by atoms with Crippen molar-refractivity contribution in [2.24, 2.45) is 0 Å². The zero-order valence-electron chi connectivity index (χ0n) is 5.85. The van der Waals surface area contributed by atoms with Crippen LogP contribution in [0, 0.1) is 0 Å². The zero-order chi connectivity index (χ0) is 10.9. The Morgan fingerprint density at radius 3 is 1.14 bits per heavy atom. The molecule has 0 fully saturated rings. The Kier molecular flexibility index (Phi) is 5.33. The Morgan fingerprint density at radius 2 is 1.00 bits per heavy atom. The van der Waals surface area contributed by atoms with Crippen molar-refractivity contribution in [2.75, 3.05) is 0 Å². The van der Waals surface area contributed by atoms with Crippen LogP contribution in [0.1, 0.15) is 0 Å². The van der Waals surface area contributed by atoms with Gasteiger partial charge >= 0.3 is 24.3 Å². The summed E-state index contributed by atoms with van der Waals surface area (Å²) in [7, 11) is 0. The van der Waals surface area contributed by atoms with E-state index in [4.69, 9.17) is 0 Å². The number of alkyl halides is 6. The molecule has 0 saturated heterocycles. The Hall–Kier alpha value is -0.657. The second kappa shape index (κ2) is 4.72. The number of carbonyl (C=O) groups is 2. The maximum absolute atomic E-state index is 11.2. The van der Waals surface area contributed by atoms with E-state index in [2.05, 4.69) is 4.74 Å². The fraction of sp³-hybridized carbons (Fsp3) is 0.500. The number of hydrogen-bond acceptors (Lipinski definition) is 3. The molecule has 10 heteroatoms. The molecule has 0 heterocycles. The van der Waals surface area contributed by atoms with E-state index in [9.17, 15) is 35.9 Å². The summed E-state index contributed by atoms with van der Waals surface area (Å²) in [6.45, 7) is 0. The third-order valence-corrected chi connectivity index (χ3v) is 0.648. The van der Waals surface area contributed by atoms with E-state index in [0.717, 1.165) is 0 Å². The molecule has 0 rings (SSSR count).